The average Bonchev–Trinajstić information content (AvgIpc) is 3.26. The van der Waals surface area contributed by atoms with Gasteiger partial charge in [0.2, 0.25) is 0 Å². The highest BCUT2D eigenvalue weighted by Gasteiger charge is 2.44. The van der Waals surface area contributed by atoms with E-state index in [-0.39, 0.29) is 28.2 Å². The van der Waals surface area contributed by atoms with Gasteiger partial charge in [-0.3, -0.25) is 14.9 Å². The van der Waals surface area contributed by atoms with Crippen LogP contribution in [0.25, 0.3) is 6.08 Å². The van der Waals surface area contributed by atoms with Gasteiger partial charge in [-0.1, -0.05) is 67.7 Å². The molecule has 0 bridgehead atoms. The molecule has 9 heteroatoms. The molecule has 3 aromatic carbocycles. The summed E-state index contributed by atoms with van der Waals surface area (Å²) in [5.41, 5.74) is 3.85. The van der Waals surface area contributed by atoms with Gasteiger partial charge in [0.1, 0.15) is 0 Å². The molecule has 0 unspecified atom stereocenters. The lowest BCUT2D eigenvalue weighted by molar-refractivity contribution is -0.384. The Bertz CT molecular complexity index is 1400. The molecule has 0 radical (unpaired) electrons. The molecule has 1 saturated carbocycles. The summed E-state index contributed by atoms with van der Waals surface area (Å²) in [5.74, 6) is -0.454. The Morgan fingerprint density at radius 2 is 1.72 bits per heavy atom. The first-order valence-electron chi connectivity index (χ1n) is 11.4. The van der Waals surface area contributed by atoms with Gasteiger partial charge in [0.15, 0.2) is 0 Å². The van der Waals surface area contributed by atoms with Gasteiger partial charge in [0.25, 0.3) is 11.6 Å². The van der Waals surface area contributed by atoms with Crippen molar-refractivity contribution in [2.45, 2.75) is 25.3 Å². The maximum atomic E-state index is 13.8. The number of hydrogen-bond acceptors (Lipinski definition) is 4. The normalized spacial score (nSPS) is 20.2. The first-order chi connectivity index (χ1) is 17.3. The molecule has 2 atom stereocenters. The first kappa shape index (κ1) is 24.9. The van der Waals surface area contributed by atoms with E-state index in [4.69, 9.17) is 16.7 Å². The Hall–Kier alpha value is -2.81. The minimum atomic E-state index is -0.534. The largest absolute Gasteiger partial charge is 0.276 e. The molecule has 1 amide bonds. The van der Waals surface area contributed by atoms with Crippen LogP contribution in [0.15, 0.2) is 86.3 Å². The minimum Gasteiger partial charge on any atom is -0.267 e. The molecule has 1 aliphatic heterocycles. The zero-order valence-corrected chi connectivity index (χ0v) is 22.8. The molecule has 1 fully saturated rings. The van der Waals surface area contributed by atoms with E-state index in [9.17, 15) is 14.9 Å². The Kier molecular flexibility index (Phi) is 7.10. The van der Waals surface area contributed by atoms with Crippen molar-refractivity contribution in [3.05, 3.63) is 113 Å². The zero-order chi connectivity index (χ0) is 25.4. The fourth-order valence-corrected chi connectivity index (χ4v) is 5.56. The number of hydrogen-bond donors (Lipinski definition) is 0. The summed E-state index contributed by atoms with van der Waals surface area (Å²) < 4.78 is 1.94. The van der Waals surface area contributed by atoms with Crippen LogP contribution in [0, 0.1) is 16.0 Å². The van der Waals surface area contributed by atoms with Crippen molar-refractivity contribution in [3.63, 3.8) is 0 Å². The van der Waals surface area contributed by atoms with Gasteiger partial charge >= 0.3 is 0 Å². The van der Waals surface area contributed by atoms with E-state index >= 15 is 0 Å². The Morgan fingerprint density at radius 1 is 1.06 bits per heavy atom. The maximum absolute atomic E-state index is 13.8. The number of fused-ring (bicyclic) bond motifs is 1. The molecule has 5 rings (SSSR count). The predicted molar refractivity (Wildman–Crippen MR) is 148 cm³/mol. The summed E-state index contributed by atoms with van der Waals surface area (Å²) in [7, 11) is 0. The van der Waals surface area contributed by atoms with Gasteiger partial charge in [-0.15, -0.1) is 0 Å². The third-order valence-corrected chi connectivity index (χ3v) is 7.91. The smallest absolute Gasteiger partial charge is 0.267 e. The topological polar surface area (TPSA) is 75.8 Å². The fourth-order valence-electron chi connectivity index (χ4n) is 4.84. The molecule has 0 N–H and O–H groups in total. The number of allylic oxidation sites excluding steroid dienone is 1. The number of nitro benzene ring substituents is 1. The van der Waals surface area contributed by atoms with Crippen LogP contribution >= 0.6 is 43.5 Å². The van der Waals surface area contributed by atoms with Crippen LogP contribution < -0.4 is 0 Å². The van der Waals surface area contributed by atoms with Gasteiger partial charge in [-0.25, -0.2) is 5.01 Å². The standard InChI is InChI=1S/C27H20Br2ClN3O3/c28-19-8-4-16(5-9-19)14-18-2-1-3-22-25(18)31-32(26(22)17-6-10-20(29)11-7-17)27(34)23-15-21(33(35)36)12-13-24(23)30/h4-15,22,26H,1-3H2/b18-14-/t22-,26-/m0/s1. The summed E-state index contributed by atoms with van der Waals surface area (Å²) in [5, 5.41) is 17.8. The number of non-ortho nitro benzene ring substituents is 1. The second kappa shape index (κ2) is 10.3. The van der Waals surface area contributed by atoms with Gasteiger partial charge in [-0.05, 0) is 72.4 Å². The molecular formula is C27H20Br2ClN3O3. The number of nitrogens with zero attached hydrogens (tertiary/aromatic N) is 3. The van der Waals surface area contributed by atoms with Crippen LogP contribution in [0.5, 0.6) is 0 Å². The molecule has 0 saturated heterocycles. The number of carbonyl (C=O) groups excluding carboxylic acids is 1. The van der Waals surface area contributed by atoms with E-state index in [0.29, 0.717) is 0 Å². The molecular weight excluding hydrogens is 610 g/mol. The lowest BCUT2D eigenvalue weighted by Gasteiger charge is -2.29. The molecule has 6 nitrogen and oxygen atoms in total. The van der Waals surface area contributed by atoms with E-state index in [2.05, 4.69) is 37.9 Å². The third kappa shape index (κ3) is 4.90. The van der Waals surface area contributed by atoms with Crippen molar-refractivity contribution in [2.24, 2.45) is 11.0 Å². The van der Waals surface area contributed by atoms with Crippen LogP contribution in [-0.2, 0) is 0 Å². The molecule has 0 spiro atoms. The Labute approximate surface area is 230 Å². The number of rotatable bonds is 4. The van der Waals surface area contributed by atoms with Crippen molar-refractivity contribution in [2.75, 3.05) is 0 Å². The Balaban J connectivity index is 1.60. The van der Waals surface area contributed by atoms with Crippen LogP contribution in [-0.4, -0.2) is 21.6 Å². The third-order valence-electron chi connectivity index (χ3n) is 6.52. The zero-order valence-electron chi connectivity index (χ0n) is 18.9. The van der Waals surface area contributed by atoms with Crippen LogP contribution in [0.3, 0.4) is 0 Å². The summed E-state index contributed by atoms with van der Waals surface area (Å²) in [6.07, 6.45) is 4.84. The summed E-state index contributed by atoms with van der Waals surface area (Å²) in [6, 6.07) is 19.5. The number of carbonyl (C=O) groups is 1. The molecule has 3 aromatic rings. The number of halogens is 3. The molecule has 1 heterocycles. The van der Waals surface area contributed by atoms with Crippen molar-refractivity contribution < 1.29 is 9.72 Å². The Morgan fingerprint density at radius 3 is 2.39 bits per heavy atom. The van der Waals surface area contributed by atoms with Crippen molar-refractivity contribution in [3.8, 4) is 0 Å². The number of benzene rings is 3. The van der Waals surface area contributed by atoms with Gasteiger partial charge in [0, 0.05) is 27.0 Å². The highest BCUT2D eigenvalue weighted by atomic mass is 79.9. The van der Waals surface area contributed by atoms with E-state index in [1.165, 1.54) is 23.2 Å². The lowest BCUT2D eigenvalue weighted by atomic mass is 9.77. The van der Waals surface area contributed by atoms with Crippen LogP contribution in [0.1, 0.15) is 46.8 Å². The lowest BCUT2D eigenvalue weighted by Crippen LogP contribution is -2.32. The average molecular weight is 630 g/mol. The van der Waals surface area contributed by atoms with Crippen molar-refractivity contribution in [1.29, 1.82) is 0 Å². The highest BCUT2D eigenvalue weighted by molar-refractivity contribution is 9.10. The van der Waals surface area contributed by atoms with Crippen LogP contribution in [0.4, 0.5) is 5.69 Å². The second-order valence-electron chi connectivity index (χ2n) is 8.77. The van der Waals surface area contributed by atoms with E-state index < -0.39 is 10.8 Å². The highest BCUT2D eigenvalue weighted by Crippen LogP contribution is 2.45. The quantitative estimate of drug-likeness (QED) is 0.216. The maximum Gasteiger partial charge on any atom is 0.276 e. The van der Waals surface area contributed by atoms with E-state index in [1.54, 1.807) is 0 Å². The molecule has 1 aliphatic carbocycles. The summed E-state index contributed by atoms with van der Waals surface area (Å²) in [6.45, 7) is 0. The van der Waals surface area contributed by atoms with Crippen LogP contribution in [0.2, 0.25) is 5.02 Å². The number of nitro groups is 1. The first-order valence-corrected chi connectivity index (χ1v) is 13.4. The molecule has 0 aromatic heterocycles. The van der Waals surface area contributed by atoms with E-state index in [1.807, 2.05) is 48.5 Å². The summed E-state index contributed by atoms with van der Waals surface area (Å²) >= 11 is 13.3. The molecule has 2 aliphatic rings. The van der Waals surface area contributed by atoms with Gasteiger partial charge in [0.05, 0.1) is 27.3 Å². The van der Waals surface area contributed by atoms with Crippen molar-refractivity contribution >= 4 is 66.8 Å². The van der Waals surface area contributed by atoms with Gasteiger partial charge in [-0.2, -0.15) is 5.10 Å². The second-order valence-corrected chi connectivity index (χ2v) is 11.0. The van der Waals surface area contributed by atoms with E-state index in [0.717, 1.165) is 50.6 Å². The predicted octanol–water partition coefficient (Wildman–Crippen LogP) is 8.21. The molecule has 36 heavy (non-hydrogen) atoms. The van der Waals surface area contributed by atoms with Gasteiger partial charge < -0.3 is 0 Å². The molecule has 182 valence electrons. The number of amides is 1. The SMILES string of the molecule is O=C(c1cc([N+](=O)[O-])ccc1Cl)N1N=C2/C(=C\c3ccc(Br)cc3)CCC[C@@H]2[C@@H]1c1ccc(Br)cc1. The fraction of sp³-hybridized carbons (Fsp3) is 0.185. The monoisotopic (exact) mass is 627 g/mol. The van der Waals surface area contributed by atoms with Crippen molar-refractivity contribution in [1.82, 2.24) is 5.01 Å². The minimum absolute atomic E-state index is 0.00282. The summed E-state index contributed by atoms with van der Waals surface area (Å²) in [4.78, 5) is 24.6. The number of hydrazone groups is 1.